The lowest BCUT2D eigenvalue weighted by Crippen LogP contribution is -1.89. The van der Waals surface area contributed by atoms with E-state index in [-0.39, 0.29) is 10.6 Å². The molecule has 0 saturated carbocycles. The van der Waals surface area contributed by atoms with Crippen LogP contribution in [0.15, 0.2) is 16.9 Å². The third-order valence-electron chi connectivity index (χ3n) is 1.96. The maximum atomic E-state index is 11.0. The average Bonchev–Trinajstić information content (AvgIpc) is 2.43. The minimum absolute atomic E-state index is 0.0738. The topological polar surface area (TPSA) is 53.1 Å². The third-order valence-corrected chi connectivity index (χ3v) is 2.94. The number of hydrogen-bond acceptors (Lipinski definition) is 3. The molecule has 68 valence electrons. The Hall–Kier alpha value is -1.29. The van der Waals surface area contributed by atoms with Gasteiger partial charge in [0.05, 0.1) is 10.2 Å². The third kappa shape index (κ3) is 1.33. The predicted molar refractivity (Wildman–Crippen MR) is 53.5 cm³/mol. The summed E-state index contributed by atoms with van der Waals surface area (Å²) in [5.41, 5.74) is 1.74. The number of aromatic hydroxyl groups is 1. The van der Waals surface area contributed by atoms with Crippen molar-refractivity contribution in [2.75, 3.05) is 0 Å². The van der Waals surface area contributed by atoms with Gasteiger partial charge in [0, 0.05) is 6.07 Å². The molecular formula is C9H9NO2S. The van der Waals surface area contributed by atoms with Gasteiger partial charge in [-0.25, -0.2) is 0 Å². The van der Waals surface area contributed by atoms with Gasteiger partial charge in [-0.15, -0.1) is 0 Å². The molecule has 3 nitrogen and oxygen atoms in total. The summed E-state index contributed by atoms with van der Waals surface area (Å²) in [6, 6.07) is 3.28. The van der Waals surface area contributed by atoms with Crippen molar-refractivity contribution in [2.45, 2.75) is 13.3 Å². The molecule has 2 rings (SSSR count). The van der Waals surface area contributed by atoms with E-state index >= 15 is 0 Å². The molecule has 0 atom stereocenters. The standard InChI is InChI=1S/C9H9NO2S/c1-2-5-3-6(11)4-7-8(5)13-9(12)10-7/h3-4,11H,2H2,1H3,(H,10,12). The molecule has 0 spiro atoms. The van der Waals surface area contributed by atoms with Gasteiger partial charge in [0.2, 0.25) is 0 Å². The maximum Gasteiger partial charge on any atom is 0.305 e. The van der Waals surface area contributed by atoms with Gasteiger partial charge >= 0.3 is 4.87 Å². The molecule has 0 aliphatic carbocycles. The highest BCUT2D eigenvalue weighted by atomic mass is 32.1. The number of thiazole rings is 1. The van der Waals surface area contributed by atoms with E-state index in [1.807, 2.05) is 6.92 Å². The van der Waals surface area contributed by atoms with Crippen molar-refractivity contribution in [3.05, 3.63) is 27.4 Å². The van der Waals surface area contributed by atoms with Crippen LogP contribution in [-0.2, 0) is 6.42 Å². The van der Waals surface area contributed by atoms with E-state index < -0.39 is 0 Å². The molecule has 2 N–H and O–H groups in total. The zero-order valence-electron chi connectivity index (χ0n) is 7.13. The van der Waals surface area contributed by atoms with E-state index in [0.717, 1.165) is 22.2 Å². The summed E-state index contributed by atoms with van der Waals surface area (Å²) in [4.78, 5) is 13.7. The molecule has 0 bridgehead atoms. The highest BCUT2D eigenvalue weighted by Gasteiger charge is 2.05. The fraction of sp³-hybridized carbons (Fsp3) is 0.222. The number of H-pyrrole nitrogens is 1. The van der Waals surface area contributed by atoms with Gasteiger partial charge in [0.25, 0.3) is 0 Å². The summed E-state index contributed by atoms with van der Waals surface area (Å²) < 4.78 is 0.949. The lowest BCUT2D eigenvalue weighted by Gasteiger charge is -1.98. The Morgan fingerprint density at radius 2 is 2.31 bits per heavy atom. The minimum Gasteiger partial charge on any atom is -0.508 e. The van der Waals surface area contributed by atoms with Gasteiger partial charge in [0.1, 0.15) is 5.75 Å². The largest absolute Gasteiger partial charge is 0.508 e. The maximum absolute atomic E-state index is 11.0. The van der Waals surface area contributed by atoms with Crippen molar-refractivity contribution < 1.29 is 5.11 Å². The normalized spacial score (nSPS) is 10.8. The summed E-state index contributed by atoms with van der Waals surface area (Å²) in [5, 5.41) is 9.33. The molecule has 2 aromatic rings. The average molecular weight is 195 g/mol. The molecular weight excluding hydrogens is 186 g/mol. The molecule has 1 aromatic heterocycles. The van der Waals surface area contributed by atoms with Crippen molar-refractivity contribution in [3.63, 3.8) is 0 Å². The van der Waals surface area contributed by atoms with Gasteiger partial charge in [-0.2, -0.15) is 0 Å². The number of aryl methyl sites for hydroxylation is 1. The van der Waals surface area contributed by atoms with Crippen LogP contribution in [-0.4, -0.2) is 10.1 Å². The second-order valence-electron chi connectivity index (χ2n) is 2.85. The van der Waals surface area contributed by atoms with Crippen LogP contribution in [0.4, 0.5) is 0 Å². The number of phenolic OH excluding ortho intramolecular Hbond substituents is 1. The second kappa shape index (κ2) is 2.88. The molecule has 0 amide bonds. The number of aromatic nitrogens is 1. The van der Waals surface area contributed by atoms with Crippen LogP contribution in [0.5, 0.6) is 5.75 Å². The van der Waals surface area contributed by atoms with Crippen molar-refractivity contribution in [3.8, 4) is 5.75 Å². The smallest absolute Gasteiger partial charge is 0.305 e. The quantitative estimate of drug-likeness (QED) is 0.729. The Labute approximate surface area is 78.7 Å². The molecule has 0 aliphatic heterocycles. The number of nitrogens with one attached hydrogen (secondary N) is 1. The van der Waals surface area contributed by atoms with Gasteiger partial charge in [0.15, 0.2) is 0 Å². The lowest BCUT2D eigenvalue weighted by atomic mass is 10.1. The van der Waals surface area contributed by atoms with Crippen molar-refractivity contribution >= 4 is 21.6 Å². The Morgan fingerprint density at radius 3 is 3.00 bits per heavy atom. The van der Waals surface area contributed by atoms with Gasteiger partial charge in [-0.05, 0) is 18.1 Å². The van der Waals surface area contributed by atoms with Gasteiger partial charge in [-0.3, -0.25) is 4.79 Å². The number of hydrogen-bond donors (Lipinski definition) is 2. The first-order valence-electron chi connectivity index (χ1n) is 4.05. The molecule has 1 heterocycles. The van der Waals surface area contributed by atoms with Gasteiger partial charge < -0.3 is 10.1 Å². The molecule has 4 heteroatoms. The van der Waals surface area contributed by atoms with E-state index in [1.54, 1.807) is 12.1 Å². The van der Waals surface area contributed by atoms with Crippen molar-refractivity contribution in [2.24, 2.45) is 0 Å². The predicted octanol–water partition coefficient (Wildman–Crippen LogP) is 1.86. The highest BCUT2D eigenvalue weighted by Crippen LogP contribution is 2.25. The second-order valence-corrected chi connectivity index (χ2v) is 3.83. The molecule has 13 heavy (non-hydrogen) atoms. The first-order chi connectivity index (χ1) is 6.20. The number of rotatable bonds is 1. The Bertz CT molecular complexity index is 498. The van der Waals surface area contributed by atoms with E-state index in [4.69, 9.17) is 0 Å². The fourth-order valence-corrected chi connectivity index (χ4v) is 2.28. The van der Waals surface area contributed by atoms with Gasteiger partial charge in [-0.1, -0.05) is 18.3 Å². The van der Waals surface area contributed by atoms with Crippen molar-refractivity contribution in [1.29, 1.82) is 0 Å². The minimum atomic E-state index is -0.0738. The highest BCUT2D eigenvalue weighted by molar-refractivity contribution is 7.16. The monoisotopic (exact) mass is 195 g/mol. The van der Waals surface area contributed by atoms with Crippen molar-refractivity contribution in [1.82, 2.24) is 4.98 Å². The van der Waals surface area contributed by atoms with Crippen LogP contribution >= 0.6 is 11.3 Å². The first-order valence-corrected chi connectivity index (χ1v) is 4.87. The fourth-order valence-electron chi connectivity index (χ4n) is 1.38. The summed E-state index contributed by atoms with van der Waals surface area (Å²) >= 11 is 1.19. The molecule has 0 unspecified atom stereocenters. The van der Waals surface area contributed by atoms with E-state index in [1.165, 1.54) is 11.3 Å². The SMILES string of the molecule is CCc1cc(O)cc2[nH]c(=O)sc12. The Kier molecular flexibility index (Phi) is 1.84. The Morgan fingerprint density at radius 1 is 1.54 bits per heavy atom. The number of benzene rings is 1. The van der Waals surface area contributed by atoms with E-state index in [0.29, 0.717) is 0 Å². The van der Waals surface area contributed by atoms with Crippen LogP contribution < -0.4 is 4.87 Å². The summed E-state index contributed by atoms with van der Waals surface area (Å²) in [6.45, 7) is 2.00. The van der Waals surface area contributed by atoms with E-state index in [2.05, 4.69) is 4.98 Å². The number of phenols is 1. The number of fused-ring (bicyclic) bond motifs is 1. The van der Waals surface area contributed by atoms with Crippen LogP contribution in [0.2, 0.25) is 0 Å². The molecule has 0 saturated heterocycles. The molecule has 1 aromatic carbocycles. The van der Waals surface area contributed by atoms with E-state index in [9.17, 15) is 9.90 Å². The zero-order valence-corrected chi connectivity index (χ0v) is 7.94. The summed E-state index contributed by atoms with van der Waals surface area (Å²) in [7, 11) is 0. The Balaban J connectivity index is 2.88. The van der Waals surface area contributed by atoms with Crippen LogP contribution in [0.25, 0.3) is 10.2 Å². The van der Waals surface area contributed by atoms with Crippen LogP contribution in [0, 0.1) is 0 Å². The zero-order chi connectivity index (χ0) is 9.42. The molecule has 0 radical (unpaired) electrons. The number of aromatic amines is 1. The summed E-state index contributed by atoms with van der Waals surface area (Å²) in [6.07, 6.45) is 0.818. The first kappa shape index (κ1) is 8.31. The molecule has 0 aliphatic rings. The van der Waals surface area contributed by atoms with Crippen LogP contribution in [0.3, 0.4) is 0 Å². The van der Waals surface area contributed by atoms with Crippen LogP contribution in [0.1, 0.15) is 12.5 Å². The lowest BCUT2D eigenvalue weighted by molar-refractivity contribution is 0.475. The summed E-state index contributed by atoms with van der Waals surface area (Å²) in [5.74, 6) is 0.207. The molecule has 0 fully saturated rings.